The Morgan fingerprint density at radius 1 is 1.48 bits per heavy atom. The molecule has 6 heteroatoms. The molecule has 0 amide bonds. The molecule has 21 heavy (non-hydrogen) atoms. The number of methoxy groups -OCH3 is 1. The van der Waals surface area contributed by atoms with Gasteiger partial charge in [0.1, 0.15) is 5.75 Å². The first kappa shape index (κ1) is 14.6. The minimum absolute atomic E-state index is 0.321. The van der Waals surface area contributed by atoms with E-state index >= 15 is 0 Å². The van der Waals surface area contributed by atoms with E-state index in [4.69, 9.17) is 14.7 Å². The number of hydrogen-bond acceptors (Lipinski definition) is 5. The second kappa shape index (κ2) is 6.57. The fraction of sp³-hybridized carbons (Fsp3) is 0.267. The van der Waals surface area contributed by atoms with Crippen LogP contribution in [0.15, 0.2) is 30.6 Å². The van der Waals surface area contributed by atoms with Gasteiger partial charge in [0.25, 0.3) is 0 Å². The molecule has 0 radical (unpaired) electrons. The second-order valence-corrected chi connectivity index (χ2v) is 4.29. The largest absolute Gasteiger partial charge is 0.496 e. The highest BCUT2D eigenvalue weighted by Gasteiger charge is 2.11. The van der Waals surface area contributed by atoms with Crippen LogP contribution in [0.5, 0.6) is 5.75 Å². The average Bonchev–Trinajstić information content (AvgIpc) is 2.96. The topological polar surface area (TPSA) is 77.1 Å². The van der Waals surface area contributed by atoms with E-state index < -0.39 is 5.97 Å². The van der Waals surface area contributed by atoms with Crippen LogP contribution in [0.1, 0.15) is 28.4 Å². The Labute approximate surface area is 122 Å². The Balaban J connectivity index is 2.22. The molecule has 1 heterocycles. The number of ether oxygens (including phenoxy) is 2. The summed E-state index contributed by atoms with van der Waals surface area (Å²) in [4.78, 5) is 11.6. The summed E-state index contributed by atoms with van der Waals surface area (Å²) < 4.78 is 11.8. The number of carbonyl (C=O) groups is 1. The van der Waals surface area contributed by atoms with Crippen molar-refractivity contribution in [3.8, 4) is 11.8 Å². The van der Waals surface area contributed by atoms with Crippen molar-refractivity contribution in [1.82, 2.24) is 9.78 Å². The predicted molar refractivity (Wildman–Crippen MR) is 75.0 cm³/mol. The minimum Gasteiger partial charge on any atom is -0.496 e. The van der Waals surface area contributed by atoms with Crippen LogP contribution in [0.25, 0.3) is 0 Å². The molecular formula is C15H15N3O3. The molecular weight excluding hydrogens is 270 g/mol. The molecule has 0 N–H and O–H groups in total. The van der Waals surface area contributed by atoms with Crippen molar-refractivity contribution in [2.75, 3.05) is 13.7 Å². The van der Waals surface area contributed by atoms with Crippen molar-refractivity contribution in [2.24, 2.45) is 0 Å². The van der Waals surface area contributed by atoms with Crippen molar-refractivity contribution >= 4 is 5.97 Å². The third kappa shape index (κ3) is 3.39. The molecule has 0 fully saturated rings. The lowest BCUT2D eigenvalue weighted by molar-refractivity contribution is 0.0526. The summed E-state index contributed by atoms with van der Waals surface area (Å²) in [6.07, 6.45) is 3.06. The van der Waals surface area contributed by atoms with Crippen molar-refractivity contribution in [2.45, 2.75) is 13.5 Å². The number of aromatic nitrogens is 2. The lowest BCUT2D eigenvalue weighted by Gasteiger charge is -2.08. The third-order valence-corrected chi connectivity index (χ3v) is 2.89. The lowest BCUT2D eigenvalue weighted by Crippen LogP contribution is -2.05. The molecule has 2 aromatic rings. The van der Waals surface area contributed by atoms with Crippen LogP contribution >= 0.6 is 0 Å². The van der Waals surface area contributed by atoms with Crippen LogP contribution in [0.2, 0.25) is 0 Å². The van der Waals surface area contributed by atoms with Gasteiger partial charge >= 0.3 is 5.97 Å². The van der Waals surface area contributed by atoms with Crippen molar-refractivity contribution in [1.29, 1.82) is 5.26 Å². The molecule has 0 aliphatic rings. The zero-order valence-electron chi connectivity index (χ0n) is 11.9. The van der Waals surface area contributed by atoms with Crippen LogP contribution in [-0.2, 0) is 11.3 Å². The summed E-state index contributed by atoms with van der Waals surface area (Å²) >= 11 is 0. The van der Waals surface area contributed by atoms with Gasteiger partial charge in [0.2, 0.25) is 0 Å². The Morgan fingerprint density at radius 3 is 2.95 bits per heavy atom. The van der Waals surface area contributed by atoms with Gasteiger partial charge in [-0.3, -0.25) is 4.68 Å². The molecule has 0 saturated carbocycles. The number of hydrogen-bond donors (Lipinski definition) is 0. The predicted octanol–water partition coefficient (Wildman–Crippen LogP) is 1.99. The molecule has 1 aromatic carbocycles. The van der Waals surface area contributed by atoms with Gasteiger partial charge in [-0.15, -0.1) is 0 Å². The van der Waals surface area contributed by atoms with E-state index in [1.807, 2.05) is 0 Å². The van der Waals surface area contributed by atoms with Gasteiger partial charge in [-0.25, -0.2) is 4.79 Å². The molecule has 0 atom stereocenters. The van der Waals surface area contributed by atoms with Gasteiger partial charge in [-0.05, 0) is 25.1 Å². The third-order valence-electron chi connectivity index (χ3n) is 2.89. The van der Waals surface area contributed by atoms with Crippen molar-refractivity contribution in [3.63, 3.8) is 0 Å². The zero-order valence-corrected chi connectivity index (χ0v) is 11.9. The molecule has 2 rings (SSSR count). The molecule has 1 aromatic heterocycles. The summed E-state index contributed by atoms with van der Waals surface area (Å²) in [7, 11) is 1.57. The van der Waals surface area contributed by atoms with E-state index in [9.17, 15) is 4.79 Å². The van der Waals surface area contributed by atoms with E-state index in [1.165, 1.54) is 6.20 Å². The van der Waals surface area contributed by atoms with Crippen LogP contribution in [0.4, 0.5) is 0 Å². The number of benzene rings is 1. The Hall–Kier alpha value is -2.81. The number of esters is 1. The number of nitriles is 1. The maximum absolute atomic E-state index is 11.6. The van der Waals surface area contributed by atoms with Crippen LogP contribution in [-0.4, -0.2) is 29.5 Å². The fourth-order valence-electron chi connectivity index (χ4n) is 1.92. The van der Waals surface area contributed by atoms with Crippen LogP contribution in [0, 0.1) is 11.3 Å². The highest BCUT2D eigenvalue weighted by atomic mass is 16.5. The molecule has 0 unspecified atom stereocenters. The summed E-state index contributed by atoms with van der Waals surface area (Å²) in [5, 5.41) is 13.1. The number of carbonyl (C=O) groups excluding carboxylic acids is 1. The Morgan fingerprint density at radius 2 is 2.29 bits per heavy atom. The molecule has 0 saturated heterocycles. The lowest BCUT2D eigenvalue weighted by atomic mass is 10.1. The zero-order chi connectivity index (χ0) is 15.2. The van der Waals surface area contributed by atoms with E-state index in [2.05, 4.69) is 11.2 Å². The highest BCUT2D eigenvalue weighted by molar-refractivity contribution is 5.88. The SMILES string of the molecule is CCOC(=O)c1cnn(Cc2cc(C#N)ccc2OC)c1. The second-order valence-electron chi connectivity index (χ2n) is 4.29. The molecule has 6 nitrogen and oxygen atoms in total. The normalized spacial score (nSPS) is 9.95. The standard InChI is InChI=1S/C15H15N3O3/c1-3-21-15(19)13-8-17-18(10-13)9-12-6-11(7-16)4-5-14(12)20-2/h4-6,8,10H,3,9H2,1-2H3. The summed E-state index contributed by atoms with van der Waals surface area (Å²) in [6.45, 7) is 2.47. The first-order chi connectivity index (χ1) is 10.2. The van der Waals surface area contributed by atoms with Gasteiger partial charge < -0.3 is 9.47 Å². The fourth-order valence-corrected chi connectivity index (χ4v) is 1.92. The Kier molecular flexibility index (Phi) is 4.57. The number of rotatable bonds is 5. The maximum atomic E-state index is 11.6. The maximum Gasteiger partial charge on any atom is 0.341 e. The van der Waals surface area contributed by atoms with Gasteiger partial charge in [0.15, 0.2) is 0 Å². The van der Waals surface area contributed by atoms with Crippen molar-refractivity contribution < 1.29 is 14.3 Å². The first-order valence-electron chi connectivity index (χ1n) is 6.44. The Bertz CT molecular complexity index is 686. The van der Waals surface area contributed by atoms with Crippen LogP contribution < -0.4 is 4.74 Å². The van der Waals surface area contributed by atoms with Crippen LogP contribution in [0.3, 0.4) is 0 Å². The molecule has 0 bridgehead atoms. The summed E-state index contributed by atoms with van der Waals surface area (Å²) in [5.74, 6) is 0.267. The quantitative estimate of drug-likeness (QED) is 0.785. The summed E-state index contributed by atoms with van der Waals surface area (Å²) in [5.41, 5.74) is 1.76. The van der Waals surface area contributed by atoms with E-state index in [-0.39, 0.29) is 0 Å². The summed E-state index contributed by atoms with van der Waals surface area (Å²) in [6, 6.07) is 7.26. The average molecular weight is 285 g/mol. The van der Waals surface area contributed by atoms with Gasteiger partial charge in [0.05, 0.1) is 43.7 Å². The van der Waals surface area contributed by atoms with Gasteiger partial charge in [-0.1, -0.05) is 0 Å². The van der Waals surface area contributed by atoms with E-state index in [0.29, 0.717) is 30.0 Å². The number of nitrogens with zero attached hydrogens (tertiary/aromatic N) is 3. The highest BCUT2D eigenvalue weighted by Crippen LogP contribution is 2.20. The van der Waals surface area contributed by atoms with E-state index in [1.54, 1.807) is 43.1 Å². The monoisotopic (exact) mass is 285 g/mol. The molecule has 108 valence electrons. The van der Waals surface area contributed by atoms with Gasteiger partial charge in [-0.2, -0.15) is 10.4 Å². The molecule has 0 aliphatic heterocycles. The van der Waals surface area contributed by atoms with Gasteiger partial charge in [0, 0.05) is 11.8 Å². The van der Waals surface area contributed by atoms with Crippen molar-refractivity contribution in [3.05, 3.63) is 47.3 Å². The first-order valence-corrected chi connectivity index (χ1v) is 6.44. The molecule has 0 spiro atoms. The minimum atomic E-state index is -0.401. The smallest absolute Gasteiger partial charge is 0.341 e. The van der Waals surface area contributed by atoms with E-state index in [0.717, 1.165) is 5.56 Å². The molecule has 0 aliphatic carbocycles.